The molecule has 1 saturated heterocycles. The van der Waals surface area contributed by atoms with Gasteiger partial charge < -0.3 is 15.5 Å². The van der Waals surface area contributed by atoms with Gasteiger partial charge in [-0.25, -0.2) is 9.18 Å². The van der Waals surface area contributed by atoms with Gasteiger partial charge in [-0.3, -0.25) is 4.79 Å². The second-order valence-electron chi connectivity index (χ2n) is 5.43. The first kappa shape index (κ1) is 16.3. The number of carbonyl (C=O) groups excluding carboxylic acids is 2. The number of nitrogens with one attached hydrogen (secondary N) is 2. The lowest BCUT2D eigenvalue weighted by Crippen LogP contribution is -2.47. The van der Waals surface area contributed by atoms with E-state index in [9.17, 15) is 14.0 Å². The fraction of sp³-hybridized carbons (Fsp3) is 0.500. The molecule has 0 saturated carbocycles. The number of amides is 3. The summed E-state index contributed by atoms with van der Waals surface area (Å²) < 4.78 is 12.9. The van der Waals surface area contributed by atoms with E-state index in [1.807, 2.05) is 0 Å². The lowest BCUT2D eigenvalue weighted by molar-refractivity contribution is -0.124. The first-order valence-electron chi connectivity index (χ1n) is 7.72. The molecule has 1 aromatic rings. The smallest absolute Gasteiger partial charge is 0.322 e. The number of likely N-dealkylation sites (tertiary alicyclic amines) is 1. The van der Waals surface area contributed by atoms with Crippen LogP contribution >= 0.6 is 0 Å². The largest absolute Gasteiger partial charge is 0.354 e. The molecule has 0 aliphatic carbocycles. The van der Waals surface area contributed by atoms with Crippen LogP contribution in [0, 0.1) is 5.82 Å². The van der Waals surface area contributed by atoms with Gasteiger partial charge in [-0.15, -0.1) is 0 Å². The summed E-state index contributed by atoms with van der Waals surface area (Å²) in [5, 5.41) is 5.58. The van der Waals surface area contributed by atoms with Crippen molar-refractivity contribution in [2.75, 3.05) is 18.4 Å². The van der Waals surface area contributed by atoms with Crippen molar-refractivity contribution in [3.63, 3.8) is 0 Å². The minimum absolute atomic E-state index is 0.0970. The van der Waals surface area contributed by atoms with Crippen molar-refractivity contribution in [2.45, 2.75) is 38.6 Å². The predicted octanol–water partition coefficient (Wildman–Crippen LogP) is 2.74. The SMILES string of the molecule is CCCCNC(=O)C1CCCN1C(=O)Nc1ccc(F)cc1. The van der Waals surface area contributed by atoms with Crippen molar-refractivity contribution in [2.24, 2.45) is 0 Å². The number of rotatable bonds is 5. The Bertz CT molecular complexity index is 519. The summed E-state index contributed by atoms with van der Waals surface area (Å²) in [5.41, 5.74) is 0.517. The number of hydrogen-bond acceptors (Lipinski definition) is 2. The minimum atomic E-state index is -0.419. The van der Waals surface area contributed by atoms with Crippen molar-refractivity contribution in [3.05, 3.63) is 30.1 Å². The minimum Gasteiger partial charge on any atom is -0.354 e. The summed E-state index contributed by atoms with van der Waals surface area (Å²) in [6.45, 7) is 3.25. The van der Waals surface area contributed by atoms with E-state index >= 15 is 0 Å². The molecule has 1 aliphatic heterocycles. The molecule has 2 rings (SSSR count). The molecule has 0 radical (unpaired) electrons. The van der Waals surface area contributed by atoms with E-state index in [1.54, 1.807) is 4.90 Å². The van der Waals surface area contributed by atoms with Crippen molar-refractivity contribution in [1.82, 2.24) is 10.2 Å². The van der Waals surface area contributed by atoms with E-state index in [1.165, 1.54) is 24.3 Å². The third-order valence-corrected chi connectivity index (χ3v) is 3.74. The van der Waals surface area contributed by atoms with Gasteiger partial charge in [-0.2, -0.15) is 0 Å². The van der Waals surface area contributed by atoms with E-state index in [0.717, 1.165) is 19.3 Å². The number of benzene rings is 1. The molecule has 22 heavy (non-hydrogen) atoms. The molecule has 1 fully saturated rings. The van der Waals surface area contributed by atoms with Gasteiger partial charge in [0.25, 0.3) is 0 Å². The van der Waals surface area contributed by atoms with Crippen LogP contribution in [0.25, 0.3) is 0 Å². The van der Waals surface area contributed by atoms with Crippen molar-refractivity contribution in [3.8, 4) is 0 Å². The summed E-state index contributed by atoms with van der Waals surface area (Å²) in [6, 6.07) is 4.83. The van der Waals surface area contributed by atoms with Gasteiger partial charge in [0.1, 0.15) is 11.9 Å². The van der Waals surface area contributed by atoms with E-state index in [0.29, 0.717) is 25.2 Å². The summed E-state index contributed by atoms with van der Waals surface area (Å²) in [4.78, 5) is 26.0. The van der Waals surface area contributed by atoms with Gasteiger partial charge in [0.15, 0.2) is 0 Å². The molecule has 2 N–H and O–H groups in total. The summed E-state index contributed by atoms with van der Waals surface area (Å²) in [7, 11) is 0. The molecule has 1 unspecified atom stereocenters. The van der Waals surface area contributed by atoms with Crippen molar-refractivity contribution in [1.29, 1.82) is 0 Å². The van der Waals surface area contributed by atoms with Gasteiger partial charge >= 0.3 is 6.03 Å². The Morgan fingerprint density at radius 2 is 2.05 bits per heavy atom. The number of nitrogens with zero attached hydrogens (tertiary/aromatic N) is 1. The van der Waals surface area contributed by atoms with Gasteiger partial charge in [0.2, 0.25) is 5.91 Å². The highest BCUT2D eigenvalue weighted by atomic mass is 19.1. The first-order chi connectivity index (χ1) is 10.6. The highest BCUT2D eigenvalue weighted by Crippen LogP contribution is 2.19. The Balaban J connectivity index is 1.92. The zero-order valence-electron chi connectivity index (χ0n) is 12.8. The lowest BCUT2D eigenvalue weighted by atomic mass is 10.2. The molecule has 0 aromatic heterocycles. The Kier molecular flexibility index (Phi) is 5.75. The van der Waals surface area contributed by atoms with Crippen LogP contribution in [0.5, 0.6) is 0 Å². The van der Waals surface area contributed by atoms with Crippen LogP contribution in [0.2, 0.25) is 0 Å². The maximum Gasteiger partial charge on any atom is 0.322 e. The fourth-order valence-corrected chi connectivity index (χ4v) is 2.52. The summed E-state index contributed by atoms with van der Waals surface area (Å²) in [5.74, 6) is -0.451. The number of carbonyl (C=O) groups is 2. The normalized spacial score (nSPS) is 17.4. The van der Waals surface area contributed by atoms with E-state index < -0.39 is 6.04 Å². The molecule has 120 valence electrons. The van der Waals surface area contributed by atoms with Crippen molar-refractivity contribution >= 4 is 17.6 Å². The van der Waals surface area contributed by atoms with Gasteiger partial charge in [-0.1, -0.05) is 13.3 Å². The molecular formula is C16H22FN3O2. The Morgan fingerprint density at radius 3 is 2.73 bits per heavy atom. The van der Waals surface area contributed by atoms with Crippen LogP contribution in [-0.4, -0.2) is 36.0 Å². The molecule has 0 bridgehead atoms. The van der Waals surface area contributed by atoms with Gasteiger partial charge in [0, 0.05) is 18.8 Å². The zero-order chi connectivity index (χ0) is 15.9. The number of urea groups is 1. The maximum absolute atomic E-state index is 12.9. The number of hydrogen-bond donors (Lipinski definition) is 2. The van der Waals surface area contributed by atoms with E-state index in [4.69, 9.17) is 0 Å². The summed E-state index contributed by atoms with van der Waals surface area (Å²) in [6.07, 6.45) is 3.43. The quantitative estimate of drug-likeness (QED) is 0.822. The Labute approximate surface area is 129 Å². The number of anilines is 1. The molecule has 6 heteroatoms. The number of halogens is 1. The Morgan fingerprint density at radius 1 is 1.32 bits per heavy atom. The highest BCUT2D eigenvalue weighted by molar-refractivity contribution is 5.94. The van der Waals surface area contributed by atoms with E-state index in [-0.39, 0.29) is 17.8 Å². The third kappa shape index (κ3) is 4.19. The molecule has 3 amide bonds. The molecule has 1 aliphatic rings. The molecule has 1 atom stereocenters. The second-order valence-corrected chi connectivity index (χ2v) is 5.43. The molecule has 0 spiro atoms. The molecule has 1 heterocycles. The average Bonchev–Trinajstić information content (AvgIpc) is 2.99. The first-order valence-corrected chi connectivity index (χ1v) is 7.72. The van der Waals surface area contributed by atoms with Crippen LogP contribution in [0.15, 0.2) is 24.3 Å². The highest BCUT2D eigenvalue weighted by Gasteiger charge is 2.33. The maximum atomic E-state index is 12.9. The topological polar surface area (TPSA) is 61.4 Å². The van der Waals surface area contributed by atoms with Gasteiger partial charge in [-0.05, 0) is 43.5 Å². The zero-order valence-corrected chi connectivity index (χ0v) is 12.8. The number of unbranched alkanes of at least 4 members (excludes halogenated alkanes) is 1. The third-order valence-electron chi connectivity index (χ3n) is 3.74. The molecule has 1 aromatic carbocycles. The van der Waals surface area contributed by atoms with Crippen LogP contribution in [0.1, 0.15) is 32.6 Å². The summed E-state index contributed by atoms with van der Waals surface area (Å²) >= 11 is 0. The van der Waals surface area contributed by atoms with Crippen LogP contribution < -0.4 is 10.6 Å². The lowest BCUT2D eigenvalue weighted by Gasteiger charge is -2.24. The monoisotopic (exact) mass is 307 g/mol. The van der Waals surface area contributed by atoms with E-state index in [2.05, 4.69) is 17.6 Å². The fourth-order valence-electron chi connectivity index (χ4n) is 2.52. The average molecular weight is 307 g/mol. The molecular weight excluding hydrogens is 285 g/mol. The van der Waals surface area contributed by atoms with Gasteiger partial charge in [0.05, 0.1) is 0 Å². The predicted molar refractivity (Wildman–Crippen MR) is 83.1 cm³/mol. The Hall–Kier alpha value is -2.11. The second kappa shape index (κ2) is 7.77. The van der Waals surface area contributed by atoms with Crippen LogP contribution in [-0.2, 0) is 4.79 Å². The van der Waals surface area contributed by atoms with Crippen LogP contribution in [0.3, 0.4) is 0 Å². The standard InChI is InChI=1S/C16H22FN3O2/c1-2-3-10-18-15(21)14-5-4-11-20(14)16(22)19-13-8-6-12(17)7-9-13/h6-9,14H,2-5,10-11H2,1H3,(H,18,21)(H,19,22). The van der Waals surface area contributed by atoms with Crippen molar-refractivity contribution < 1.29 is 14.0 Å². The van der Waals surface area contributed by atoms with Crippen LogP contribution in [0.4, 0.5) is 14.9 Å². The molecule has 5 nitrogen and oxygen atoms in total.